The number of rotatable bonds is 5. The van der Waals surface area contributed by atoms with Crippen LogP contribution in [0.15, 0.2) is 0 Å². The van der Waals surface area contributed by atoms with Crippen LogP contribution in [-0.4, -0.2) is 24.3 Å². The Morgan fingerprint density at radius 2 is 1.77 bits per heavy atom. The molecule has 1 atom stereocenters. The molecule has 0 aliphatic carbocycles. The van der Waals surface area contributed by atoms with Crippen LogP contribution in [0.1, 0.15) is 20.8 Å². The van der Waals surface area contributed by atoms with Crippen molar-refractivity contribution in [3.63, 3.8) is 0 Å². The van der Waals surface area contributed by atoms with Gasteiger partial charge in [-0.25, -0.2) is 5.26 Å². The van der Waals surface area contributed by atoms with E-state index in [1.807, 2.05) is 20.8 Å². The SMILES string of the molecule is CC[S+](OO)C(C)(C)O[Si](C)(C)C. The second-order valence-electron chi connectivity index (χ2n) is 4.32. The second kappa shape index (κ2) is 4.79. The van der Waals surface area contributed by atoms with Gasteiger partial charge in [0.25, 0.3) is 0 Å². The molecule has 13 heavy (non-hydrogen) atoms. The van der Waals surface area contributed by atoms with E-state index in [-0.39, 0.29) is 4.93 Å². The van der Waals surface area contributed by atoms with E-state index in [1.54, 1.807) is 0 Å². The van der Waals surface area contributed by atoms with Crippen LogP contribution in [0.4, 0.5) is 0 Å². The third-order valence-electron chi connectivity index (χ3n) is 1.45. The maximum absolute atomic E-state index is 8.71. The zero-order valence-electron chi connectivity index (χ0n) is 9.38. The van der Waals surface area contributed by atoms with E-state index < -0.39 is 19.5 Å². The largest absolute Gasteiger partial charge is 0.371 e. The summed E-state index contributed by atoms with van der Waals surface area (Å²) < 4.78 is 10.4. The summed E-state index contributed by atoms with van der Waals surface area (Å²) in [5, 5.41) is 8.71. The molecule has 5 heteroatoms. The Labute approximate surface area is 85.0 Å². The molecule has 0 aliphatic rings. The lowest BCUT2D eigenvalue weighted by Crippen LogP contribution is -2.45. The molecule has 0 heterocycles. The minimum atomic E-state index is -1.57. The molecule has 0 aromatic carbocycles. The quantitative estimate of drug-likeness (QED) is 0.338. The Balaban J connectivity index is 4.36. The summed E-state index contributed by atoms with van der Waals surface area (Å²) in [6.07, 6.45) is 0. The summed E-state index contributed by atoms with van der Waals surface area (Å²) in [5.74, 6) is 0.772. The Bertz CT molecular complexity index is 152. The van der Waals surface area contributed by atoms with Crippen molar-refractivity contribution in [2.45, 2.75) is 45.3 Å². The predicted octanol–water partition coefficient (Wildman–Crippen LogP) is 2.62. The molecule has 3 nitrogen and oxygen atoms in total. The predicted molar refractivity (Wildman–Crippen MR) is 60.1 cm³/mol. The Hall–Kier alpha value is 0.447. The lowest BCUT2D eigenvalue weighted by Gasteiger charge is -2.28. The van der Waals surface area contributed by atoms with E-state index in [0.717, 1.165) is 5.75 Å². The molecular formula is C8H21O3SSi+. The van der Waals surface area contributed by atoms with Crippen LogP contribution in [-0.2, 0) is 19.9 Å². The topological polar surface area (TPSA) is 38.7 Å². The fourth-order valence-electron chi connectivity index (χ4n) is 1.27. The van der Waals surface area contributed by atoms with Crippen molar-refractivity contribution in [1.29, 1.82) is 0 Å². The monoisotopic (exact) mass is 225 g/mol. The van der Waals surface area contributed by atoms with Crippen LogP contribution in [0.5, 0.6) is 0 Å². The first-order chi connectivity index (χ1) is 5.73. The second-order valence-corrected chi connectivity index (χ2v) is 11.2. The molecule has 0 saturated heterocycles. The van der Waals surface area contributed by atoms with E-state index in [1.165, 1.54) is 0 Å². The van der Waals surface area contributed by atoms with E-state index in [4.69, 9.17) is 9.68 Å². The third kappa shape index (κ3) is 5.02. The molecular weight excluding hydrogens is 204 g/mol. The van der Waals surface area contributed by atoms with Gasteiger partial charge in [-0.1, -0.05) is 0 Å². The molecule has 0 spiro atoms. The summed E-state index contributed by atoms with van der Waals surface area (Å²) in [6, 6.07) is 0. The molecule has 0 aromatic heterocycles. The van der Waals surface area contributed by atoms with Gasteiger partial charge < -0.3 is 4.43 Å². The van der Waals surface area contributed by atoms with Crippen LogP contribution in [0.3, 0.4) is 0 Å². The van der Waals surface area contributed by atoms with Crippen molar-refractivity contribution < 1.29 is 14.0 Å². The fourth-order valence-corrected chi connectivity index (χ4v) is 4.85. The molecule has 0 amide bonds. The van der Waals surface area contributed by atoms with Crippen LogP contribution in [0, 0.1) is 0 Å². The molecule has 0 saturated carbocycles. The van der Waals surface area contributed by atoms with E-state index >= 15 is 0 Å². The van der Waals surface area contributed by atoms with Gasteiger partial charge in [0.15, 0.2) is 8.32 Å². The van der Waals surface area contributed by atoms with Gasteiger partial charge in [-0.05, 0) is 30.9 Å². The van der Waals surface area contributed by atoms with Crippen LogP contribution in [0.2, 0.25) is 19.6 Å². The molecule has 0 radical (unpaired) electrons. The minimum Gasteiger partial charge on any atom is -0.371 e. The Morgan fingerprint density at radius 1 is 1.31 bits per heavy atom. The number of hydrogen-bond donors (Lipinski definition) is 1. The first kappa shape index (κ1) is 13.4. The first-order valence-electron chi connectivity index (χ1n) is 4.46. The fraction of sp³-hybridized carbons (Fsp3) is 1.00. The van der Waals surface area contributed by atoms with Crippen molar-refractivity contribution in [3.8, 4) is 0 Å². The zero-order valence-corrected chi connectivity index (χ0v) is 11.2. The highest BCUT2D eigenvalue weighted by molar-refractivity contribution is 7.93. The van der Waals surface area contributed by atoms with Gasteiger partial charge in [0, 0.05) is 13.8 Å². The highest BCUT2D eigenvalue weighted by Gasteiger charge is 2.45. The van der Waals surface area contributed by atoms with E-state index in [2.05, 4.69) is 24.0 Å². The molecule has 1 unspecified atom stereocenters. The third-order valence-corrected chi connectivity index (χ3v) is 4.61. The highest BCUT2D eigenvalue weighted by atomic mass is 32.2. The van der Waals surface area contributed by atoms with Crippen molar-refractivity contribution >= 4 is 19.5 Å². The lowest BCUT2D eigenvalue weighted by molar-refractivity contribution is -0.127. The number of hydrogen-bond acceptors (Lipinski definition) is 3. The minimum absolute atomic E-state index is 0.381. The summed E-state index contributed by atoms with van der Waals surface area (Å²) in [7, 11) is -1.57. The van der Waals surface area contributed by atoms with Gasteiger partial charge in [-0.3, -0.25) is 0 Å². The highest BCUT2D eigenvalue weighted by Crippen LogP contribution is 2.26. The summed E-state index contributed by atoms with van der Waals surface area (Å²) in [4.78, 5) is -0.381. The summed E-state index contributed by atoms with van der Waals surface area (Å²) in [6.45, 7) is 12.3. The van der Waals surface area contributed by atoms with E-state index in [9.17, 15) is 0 Å². The van der Waals surface area contributed by atoms with Crippen molar-refractivity contribution in [1.82, 2.24) is 0 Å². The standard InChI is InChI=1S/C8H20O3SSi/c1-7-12(11-9)8(2,3)10-13(4,5)6/h7H2,1-6H3/p+1. The Morgan fingerprint density at radius 3 is 2.00 bits per heavy atom. The Kier molecular flexibility index (Phi) is 4.96. The lowest BCUT2D eigenvalue weighted by atomic mass is 10.5. The van der Waals surface area contributed by atoms with Crippen molar-refractivity contribution in [2.24, 2.45) is 0 Å². The van der Waals surface area contributed by atoms with Crippen LogP contribution >= 0.6 is 0 Å². The first-order valence-corrected chi connectivity index (χ1v) is 9.18. The van der Waals surface area contributed by atoms with Gasteiger partial charge >= 0.3 is 0 Å². The molecule has 0 bridgehead atoms. The van der Waals surface area contributed by atoms with Crippen LogP contribution in [0.25, 0.3) is 0 Å². The van der Waals surface area contributed by atoms with Crippen LogP contribution < -0.4 is 0 Å². The normalized spacial score (nSPS) is 15.9. The average molecular weight is 225 g/mol. The molecule has 80 valence electrons. The van der Waals surface area contributed by atoms with Gasteiger partial charge in [0.05, 0.1) is 0 Å². The molecule has 0 aromatic rings. The average Bonchev–Trinajstić information content (AvgIpc) is 1.83. The molecule has 0 aliphatic heterocycles. The summed E-state index contributed by atoms with van der Waals surface area (Å²) >= 11 is -0.527. The van der Waals surface area contributed by atoms with E-state index in [0.29, 0.717) is 0 Å². The molecule has 0 rings (SSSR count). The van der Waals surface area contributed by atoms with Gasteiger partial charge in [-0.15, -0.1) is 0 Å². The molecule has 0 fully saturated rings. The smallest absolute Gasteiger partial charge is 0.249 e. The maximum Gasteiger partial charge on any atom is 0.249 e. The van der Waals surface area contributed by atoms with Gasteiger partial charge in [0.2, 0.25) is 16.1 Å². The maximum atomic E-state index is 8.71. The van der Waals surface area contributed by atoms with Crippen molar-refractivity contribution in [3.05, 3.63) is 0 Å². The summed E-state index contributed by atoms with van der Waals surface area (Å²) in [5.41, 5.74) is 0. The molecule has 1 N–H and O–H groups in total. The van der Waals surface area contributed by atoms with Crippen molar-refractivity contribution in [2.75, 3.05) is 5.75 Å². The van der Waals surface area contributed by atoms with Gasteiger partial charge in [-0.2, -0.15) is 0 Å². The zero-order chi connectivity index (χ0) is 10.7. The van der Waals surface area contributed by atoms with Gasteiger partial charge in [0.1, 0.15) is 5.75 Å².